The molecule has 0 bridgehead atoms. The number of anilines is 4. The van der Waals surface area contributed by atoms with Gasteiger partial charge in [0.15, 0.2) is 11.6 Å². The number of hydrogen-bond donors (Lipinski definition) is 3. The molecule has 0 radical (unpaired) electrons. The standard InChI is InChI=1S/C26H19N3O5S/c27-16-9-5-14(6-10-16)15-7-11-17(12-8-15)29-20-13-21(35(32,33)34)24(28)23-22(20)25(30)18-3-1-2-4-19(18)26(23)31/h1-13,29H,27-28H2,(H,32,33,34)/p-1. The number of nitrogens with two attached hydrogens (primary N) is 2. The SMILES string of the molecule is Nc1ccc(-c2ccc(Nc3cc(S(=O)(=O)[O-])c(N)c4c3C(=O)c3ccccc3C4=O)cc2)cc1. The second kappa shape index (κ2) is 8.08. The van der Waals surface area contributed by atoms with Gasteiger partial charge in [0.1, 0.15) is 10.1 Å². The van der Waals surface area contributed by atoms with E-state index in [2.05, 4.69) is 5.32 Å². The van der Waals surface area contributed by atoms with Gasteiger partial charge in [-0.1, -0.05) is 48.5 Å². The lowest BCUT2D eigenvalue weighted by Crippen LogP contribution is -2.25. The topological polar surface area (TPSA) is 155 Å². The molecule has 174 valence electrons. The van der Waals surface area contributed by atoms with Gasteiger partial charge < -0.3 is 21.3 Å². The molecule has 0 aliphatic heterocycles. The smallest absolute Gasteiger partial charge is 0.196 e. The zero-order valence-electron chi connectivity index (χ0n) is 18.1. The molecule has 1 aliphatic carbocycles. The van der Waals surface area contributed by atoms with Crippen LogP contribution >= 0.6 is 0 Å². The molecule has 1 aliphatic rings. The van der Waals surface area contributed by atoms with Gasteiger partial charge in [-0.15, -0.1) is 0 Å². The summed E-state index contributed by atoms with van der Waals surface area (Å²) in [7, 11) is -5.04. The van der Waals surface area contributed by atoms with E-state index in [0.717, 1.165) is 17.2 Å². The maximum absolute atomic E-state index is 13.4. The van der Waals surface area contributed by atoms with E-state index in [1.54, 1.807) is 36.4 Å². The number of nitrogen functional groups attached to an aromatic ring is 2. The van der Waals surface area contributed by atoms with Gasteiger partial charge in [-0.2, -0.15) is 0 Å². The highest BCUT2D eigenvalue weighted by Gasteiger charge is 2.35. The molecule has 8 nitrogen and oxygen atoms in total. The fourth-order valence-electron chi connectivity index (χ4n) is 4.18. The molecule has 0 atom stereocenters. The second-order valence-electron chi connectivity index (χ2n) is 8.07. The summed E-state index contributed by atoms with van der Waals surface area (Å²) in [6.45, 7) is 0. The highest BCUT2D eigenvalue weighted by atomic mass is 32.2. The monoisotopic (exact) mass is 484 g/mol. The molecule has 35 heavy (non-hydrogen) atoms. The summed E-state index contributed by atoms with van der Waals surface area (Å²) in [5, 5.41) is 2.99. The summed E-state index contributed by atoms with van der Waals surface area (Å²) in [6, 6.07) is 21.6. The largest absolute Gasteiger partial charge is 0.744 e. The molecule has 0 aromatic heterocycles. The van der Waals surface area contributed by atoms with Gasteiger partial charge in [0, 0.05) is 22.5 Å². The minimum absolute atomic E-state index is 0.00304. The number of fused-ring (bicyclic) bond motifs is 2. The van der Waals surface area contributed by atoms with Gasteiger partial charge in [0.05, 0.1) is 27.4 Å². The van der Waals surface area contributed by atoms with Crippen LogP contribution in [0.5, 0.6) is 0 Å². The number of nitrogens with one attached hydrogen (secondary N) is 1. The van der Waals surface area contributed by atoms with Crippen LogP contribution in [0.4, 0.5) is 22.7 Å². The highest BCUT2D eigenvalue weighted by molar-refractivity contribution is 7.86. The number of benzene rings is 4. The number of ketones is 2. The average Bonchev–Trinajstić information content (AvgIpc) is 2.83. The summed E-state index contributed by atoms with van der Waals surface area (Å²) >= 11 is 0. The van der Waals surface area contributed by atoms with Gasteiger partial charge >= 0.3 is 0 Å². The van der Waals surface area contributed by atoms with Crippen molar-refractivity contribution in [2.45, 2.75) is 4.90 Å². The Morgan fingerprint density at radius 1 is 0.714 bits per heavy atom. The Kier molecular flexibility index (Phi) is 5.16. The van der Waals surface area contributed by atoms with Crippen LogP contribution in [0.1, 0.15) is 31.8 Å². The number of carbonyl (C=O) groups is 2. The van der Waals surface area contributed by atoms with Crippen molar-refractivity contribution in [3.05, 3.63) is 101 Å². The molecule has 5 N–H and O–H groups in total. The Labute approximate surface area is 201 Å². The summed E-state index contributed by atoms with van der Waals surface area (Å²) in [5.74, 6) is -1.13. The highest BCUT2D eigenvalue weighted by Crippen LogP contribution is 2.40. The lowest BCUT2D eigenvalue weighted by molar-refractivity contribution is 0.0980. The fourth-order valence-corrected chi connectivity index (χ4v) is 4.81. The molecule has 0 saturated heterocycles. The molecule has 0 heterocycles. The summed E-state index contributed by atoms with van der Waals surface area (Å²) in [6.07, 6.45) is 0. The van der Waals surface area contributed by atoms with Crippen molar-refractivity contribution in [2.24, 2.45) is 0 Å². The Balaban J connectivity index is 1.63. The Morgan fingerprint density at radius 3 is 1.77 bits per heavy atom. The fraction of sp³-hybridized carbons (Fsp3) is 0. The van der Waals surface area contributed by atoms with E-state index < -0.39 is 32.3 Å². The number of carbonyl (C=O) groups excluding carboxylic acids is 2. The van der Waals surface area contributed by atoms with Gasteiger partial charge in [0.2, 0.25) is 0 Å². The third-order valence-electron chi connectivity index (χ3n) is 5.88. The van der Waals surface area contributed by atoms with Crippen molar-refractivity contribution in [1.29, 1.82) is 0 Å². The van der Waals surface area contributed by atoms with E-state index in [-0.39, 0.29) is 27.9 Å². The Bertz CT molecular complexity index is 1630. The van der Waals surface area contributed by atoms with E-state index in [9.17, 15) is 22.6 Å². The lowest BCUT2D eigenvalue weighted by Gasteiger charge is -2.25. The molecule has 0 amide bonds. The molecule has 0 unspecified atom stereocenters. The minimum atomic E-state index is -5.04. The maximum Gasteiger partial charge on any atom is 0.196 e. The lowest BCUT2D eigenvalue weighted by atomic mass is 9.82. The predicted molar refractivity (Wildman–Crippen MR) is 132 cm³/mol. The molecule has 0 spiro atoms. The third kappa shape index (κ3) is 3.82. The van der Waals surface area contributed by atoms with Crippen molar-refractivity contribution in [2.75, 3.05) is 16.8 Å². The van der Waals surface area contributed by atoms with Crippen LogP contribution in [0.15, 0.2) is 83.8 Å². The first-order valence-corrected chi connectivity index (χ1v) is 11.9. The van der Waals surface area contributed by atoms with E-state index >= 15 is 0 Å². The molecule has 0 saturated carbocycles. The Hall–Kier alpha value is -4.47. The van der Waals surface area contributed by atoms with Crippen molar-refractivity contribution in [3.63, 3.8) is 0 Å². The van der Waals surface area contributed by atoms with E-state index in [1.807, 2.05) is 24.3 Å². The van der Waals surface area contributed by atoms with Crippen LogP contribution in [0.3, 0.4) is 0 Å². The summed E-state index contributed by atoms with van der Waals surface area (Å²) < 4.78 is 35.8. The maximum atomic E-state index is 13.4. The first-order chi connectivity index (χ1) is 16.6. The van der Waals surface area contributed by atoms with Crippen molar-refractivity contribution in [3.8, 4) is 11.1 Å². The van der Waals surface area contributed by atoms with Gasteiger partial charge in [-0.05, 0) is 41.5 Å². The third-order valence-corrected chi connectivity index (χ3v) is 6.75. The van der Waals surface area contributed by atoms with Crippen LogP contribution in [0, 0.1) is 0 Å². The van der Waals surface area contributed by atoms with Gasteiger partial charge in [-0.3, -0.25) is 9.59 Å². The van der Waals surface area contributed by atoms with Crippen LogP contribution < -0.4 is 16.8 Å². The van der Waals surface area contributed by atoms with Crippen LogP contribution in [-0.4, -0.2) is 24.5 Å². The van der Waals surface area contributed by atoms with Gasteiger partial charge in [0.25, 0.3) is 0 Å². The summed E-state index contributed by atoms with van der Waals surface area (Å²) in [4.78, 5) is 25.8. The first-order valence-electron chi connectivity index (χ1n) is 10.5. The normalized spacial score (nSPS) is 12.7. The molecule has 0 fully saturated rings. The minimum Gasteiger partial charge on any atom is -0.744 e. The van der Waals surface area contributed by atoms with Crippen LogP contribution in [0.2, 0.25) is 0 Å². The molecule has 9 heteroatoms. The van der Waals surface area contributed by atoms with Crippen LogP contribution in [0.25, 0.3) is 11.1 Å². The van der Waals surface area contributed by atoms with Crippen molar-refractivity contribution in [1.82, 2.24) is 0 Å². The quantitative estimate of drug-likeness (QED) is 0.256. The molecule has 4 aromatic carbocycles. The first kappa shape index (κ1) is 22.3. The zero-order chi connectivity index (χ0) is 24.9. The van der Waals surface area contributed by atoms with E-state index in [1.165, 1.54) is 12.1 Å². The van der Waals surface area contributed by atoms with Crippen molar-refractivity contribution < 1.29 is 22.6 Å². The zero-order valence-corrected chi connectivity index (χ0v) is 18.9. The Morgan fingerprint density at radius 2 is 1.23 bits per heavy atom. The average molecular weight is 485 g/mol. The molecular weight excluding hydrogens is 466 g/mol. The predicted octanol–water partition coefficient (Wildman–Crippen LogP) is 3.94. The number of rotatable bonds is 4. The number of hydrogen-bond acceptors (Lipinski definition) is 8. The second-order valence-corrected chi connectivity index (χ2v) is 9.42. The van der Waals surface area contributed by atoms with E-state index in [4.69, 9.17) is 11.5 Å². The molecular formula is C26H18N3O5S-. The summed E-state index contributed by atoms with van der Waals surface area (Å²) in [5.41, 5.74) is 14.0. The van der Waals surface area contributed by atoms with E-state index in [0.29, 0.717) is 11.4 Å². The molecule has 4 aromatic rings. The van der Waals surface area contributed by atoms with Crippen LogP contribution in [-0.2, 0) is 10.1 Å². The molecule has 5 rings (SSSR count). The van der Waals surface area contributed by atoms with Gasteiger partial charge in [-0.25, -0.2) is 8.42 Å². The van der Waals surface area contributed by atoms with Crippen molar-refractivity contribution >= 4 is 44.4 Å².